The first-order chi connectivity index (χ1) is 7.27. The van der Waals surface area contributed by atoms with Crippen LogP contribution in [-0.4, -0.2) is 9.97 Å². The van der Waals surface area contributed by atoms with Crippen LogP contribution in [0.5, 0.6) is 11.5 Å². The molecule has 0 saturated heterocycles. The van der Waals surface area contributed by atoms with Crippen LogP contribution in [0.2, 0.25) is 0 Å². The topological polar surface area (TPSA) is 55.0 Å². The number of aromatic nitrogens is 2. The summed E-state index contributed by atoms with van der Waals surface area (Å²) in [5.74, 6) is 0.864. The molecule has 0 atom stereocenters. The molecule has 0 aliphatic heterocycles. The van der Waals surface area contributed by atoms with Crippen molar-refractivity contribution in [3.8, 4) is 11.5 Å². The number of nitrogens with one attached hydrogen (secondary N) is 1. The first kappa shape index (κ1) is 9.45. The smallest absolute Gasteiger partial charge is 0.294 e. The standard InChI is InChI=1S/C11H10N2O2/c1-8-10(11(14)13-7-12-8)15-9-5-3-2-4-6-9/h2-7H,1H3,(H,12,13,14). The molecule has 1 N–H and O–H groups in total. The summed E-state index contributed by atoms with van der Waals surface area (Å²) in [7, 11) is 0. The predicted molar refractivity (Wildman–Crippen MR) is 56.1 cm³/mol. The molecule has 0 spiro atoms. The van der Waals surface area contributed by atoms with Gasteiger partial charge in [-0.3, -0.25) is 4.79 Å². The summed E-state index contributed by atoms with van der Waals surface area (Å²) < 4.78 is 5.43. The van der Waals surface area contributed by atoms with E-state index in [4.69, 9.17) is 4.74 Å². The maximum Gasteiger partial charge on any atom is 0.294 e. The van der Waals surface area contributed by atoms with E-state index in [0.717, 1.165) is 0 Å². The van der Waals surface area contributed by atoms with Gasteiger partial charge in [-0.05, 0) is 19.1 Å². The largest absolute Gasteiger partial charge is 0.450 e. The summed E-state index contributed by atoms with van der Waals surface area (Å²) in [6.45, 7) is 1.73. The molecular weight excluding hydrogens is 192 g/mol. The molecule has 0 saturated carbocycles. The third kappa shape index (κ3) is 2.04. The van der Waals surface area contributed by atoms with Gasteiger partial charge in [0.05, 0.1) is 12.0 Å². The molecule has 0 radical (unpaired) electrons. The number of rotatable bonds is 2. The molecule has 4 nitrogen and oxygen atoms in total. The number of H-pyrrole nitrogens is 1. The summed E-state index contributed by atoms with van der Waals surface area (Å²) in [6, 6.07) is 9.13. The summed E-state index contributed by atoms with van der Waals surface area (Å²) >= 11 is 0. The molecule has 76 valence electrons. The number of hydrogen-bond acceptors (Lipinski definition) is 3. The Kier molecular flexibility index (Phi) is 2.49. The second-order valence-electron chi connectivity index (χ2n) is 3.06. The minimum absolute atomic E-state index is 0.240. The van der Waals surface area contributed by atoms with Crippen molar-refractivity contribution in [1.29, 1.82) is 0 Å². The number of ether oxygens (including phenoxy) is 1. The molecule has 1 aromatic carbocycles. The van der Waals surface area contributed by atoms with E-state index >= 15 is 0 Å². The molecule has 0 amide bonds. The zero-order valence-corrected chi connectivity index (χ0v) is 8.23. The van der Waals surface area contributed by atoms with E-state index in [0.29, 0.717) is 11.4 Å². The van der Waals surface area contributed by atoms with Crippen LogP contribution in [-0.2, 0) is 0 Å². The summed E-state index contributed by atoms with van der Waals surface area (Å²) in [6.07, 6.45) is 1.36. The molecule has 1 aromatic heterocycles. The van der Waals surface area contributed by atoms with Gasteiger partial charge in [-0.15, -0.1) is 0 Å². The fourth-order valence-corrected chi connectivity index (χ4v) is 1.20. The Morgan fingerprint density at radius 3 is 2.67 bits per heavy atom. The average Bonchev–Trinajstić information content (AvgIpc) is 2.25. The average molecular weight is 202 g/mol. The van der Waals surface area contributed by atoms with Gasteiger partial charge in [0, 0.05) is 0 Å². The van der Waals surface area contributed by atoms with Gasteiger partial charge in [0.25, 0.3) is 5.56 Å². The van der Waals surface area contributed by atoms with E-state index in [1.807, 2.05) is 18.2 Å². The van der Waals surface area contributed by atoms with E-state index in [9.17, 15) is 4.79 Å². The van der Waals surface area contributed by atoms with Crippen molar-refractivity contribution in [3.05, 3.63) is 52.7 Å². The lowest BCUT2D eigenvalue weighted by molar-refractivity contribution is 0.467. The first-order valence-corrected chi connectivity index (χ1v) is 4.54. The van der Waals surface area contributed by atoms with Gasteiger partial charge >= 0.3 is 0 Å². The van der Waals surface area contributed by atoms with E-state index in [-0.39, 0.29) is 11.3 Å². The minimum atomic E-state index is -0.272. The Labute approximate surface area is 86.6 Å². The highest BCUT2D eigenvalue weighted by molar-refractivity contribution is 5.31. The zero-order valence-electron chi connectivity index (χ0n) is 8.23. The van der Waals surface area contributed by atoms with Crippen molar-refractivity contribution in [2.45, 2.75) is 6.92 Å². The summed E-state index contributed by atoms with van der Waals surface area (Å²) in [4.78, 5) is 17.8. The fraction of sp³-hybridized carbons (Fsp3) is 0.0909. The number of benzene rings is 1. The Morgan fingerprint density at radius 2 is 2.00 bits per heavy atom. The Morgan fingerprint density at radius 1 is 1.27 bits per heavy atom. The zero-order chi connectivity index (χ0) is 10.7. The number of nitrogens with zero attached hydrogens (tertiary/aromatic N) is 1. The van der Waals surface area contributed by atoms with Crippen LogP contribution in [0.1, 0.15) is 5.69 Å². The van der Waals surface area contributed by atoms with Crippen molar-refractivity contribution in [1.82, 2.24) is 9.97 Å². The molecule has 0 aliphatic carbocycles. The molecule has 0 aliphatic rings. The maximum atomic E-state index is 11.4. The normalized spacial score (nSPS) is 9.93. The van der Waals surface area contributed by atoms with Crippen LogP contribution in [0.4, 0.5) is 0 Å². The van der Waals surface area contributed by atoms with Gasteiger partial charge in [-0.1, -0.05) is 18.2 Å². The fourth-order valence-electron chi connectivity index (χ4n) is 1.20. The minimum Gasteiger partial charge on any atom is -0.450 e. The van der Waals surface area contributed by atoms with Crippen molar-refractivity contribution in [3.63, 3.8) is 0 Å². The van der Waals surface area contributed by atoms with Crippen LogP contribution < -0.4 is 10.3 Å². The van der Waals surface area contributed by atoms with Gasteiger partial charge in [-0.25, -0.2) is 4.98 Å². The van der Waals surface area contributed by atoms with E-state index < -0.39 is 0 Å². The SMILES string of the molecule is Cc1nc[nH]c(=O)c1Oc1ccccc1. The van der Waals surface area contributed by atoms with E-state index in [1.165, 1.54) is 6.33 Å². The molecule has 4 heteroatoms. The lowest BCUT2D eigenvalue weighted by Gasteiger charge is -2.05. The van der Waals surface area contributed by atoms with Crippen LogP contribution in [0.15, 0.2) is 41.5 Å². The Hall–Kier alpha value is -2.10. The first-order valence-electron chi connectivity index (χ1n) is 4.54. The van der Waals surface area contributed by atoms with Crippen LogP contribution in [0, 0.1) is 6.92 Å². The lowest BCUT2D eigenvalue weighted by Crippen LogP contribution is -2.10. The highest BCUT2D eigenvalue weighted by Gasteiger charge is 2.06. The lowest BCUT2D eigenvalue weighted by atomic mass is 10.3. The quantitative estimate of drug-likeness (QED) is 0.808. The summed E-state index contributed by atoms with van der Waals surface area (Å²) in [5.41, 5.74) is 0.300. The highest BCUT2D eigenvalue weighted by Crippen LogP contribution is 2.18. The number of para-hydroxylation sites is 1. The summed E-state index contributed by atoms with van der Waals surface area (Å²) in [5, 5.41) is 0. The van der Waals surface area contributed by atoms with Crippen molar-refractivity contribution < 1.29 is 4.74 Å². The second-order valence-corrected chi connectivity index (χ2v) is 3.06. The number of aryl methyl sites for hydroxylation is 1. The Bertz CT molecular complexity index is 505. The molecule has 0 fully saturated rings. The third-order valence-corrected chi connectivity index (χ3v) is 1.95. The molecular formula is C11H10N2O2. The number of aromatic amines is 1. The molecule has 2 aromatic rings. The highest BCUT2D eigenvalue weighted by atomic mass is 16.5. The molecule has 1 heterocycles. The van der Waals surface area contributed by atoms with Crippen LogP contribution in [0.3, 0.4) is 0 Å². The van der Waals surface area contributed by atoms with Gasteiger partial charge < -0.3 is 9.72 Å². The van der Waals surface area contributed by atoms with Gasteiger partial charge in [0.2, 0.25) is 5.75 Å². The van der Waals surface area contributed by atoms with Crippen LogP contribution in [0.25, 0.3) is 0 Å². The van der Waals surface area contributed by atoms with Gasteiger partial charge in [-0.2, -0.15) is 0 Å². The van der Waals surface area contributed by atoms with Crippen molar-refractivity contribution in [2.24, 2.45) is 0 Å². The van der Waals surface area contributed by atoms with Crippen LogP contribution >= 0.6 is 0 Å². The predicted octanol–water partition coefficient (Wildman–Crippen LogP) is 1.87. The maximum absolute atomic E-state index is 11.4. The molecule has 0 bridgehead atoms. The van der Waals surface area contributed by atoms with E-state index in [2.05, 4.69) is 9.97 Å². The Balaban J connectivity index is 2.37. The van der Waals surface area contributed by atoms with Gasteiger partial charge in [0.15, 0.2) is 0 Å². The monoisotopic (exact) mass is 202 g/mol. The van der Waals surface area contributed by atoms with Crippen molar-refractivity contribution >= 4 is 0 Å². The molecule has 2 rings (SSSR count). The van der Waals surface area contributed by atoms with E-state index in [1.54, 1.807) is 19.1 Å². The van der Waals surface area contributed by atoms with Gasteiger partial charge in [0.1, 0.15) is 5.75 Å². The molecule has 0 unspecified atom stereocenters. The third-order valence-electron chi connectivity index (χ3n) is 1.95. The number of hydrogen-bond donors (Lipinski definition) is 1. The second kappa shape index (κ2) is 3.96. The molecule has 15 heavy (non-hydrogen) atoms. The van der Waals surface area contributed by atoms with Crippen molar-refractivity contribution in [2.75, 3.05) is 0 Å².